The van der Waals surface area contributed by atoms with Crippen LogP contribution < -0.4 is 0 Å². The maximum Gasteiger partial charge on any atom is 0.302 e. The summed E-state index contributed by atoms with van der Waals surface area (Å²) in [6, 6.07) is 0. The van der Waals surface area contributed by atoms with Gasteiger partial charge in [0.25, 0.3) is 0 Å². The summed E-state index contributed by atoms with van der Waals surface area (Å²) in [4.78, 5) is 11.4. The summed E-state index contributed by atoms with van der Waals surface area (Å²) in [5.41, 5.74) is 2.73. The second-order valence-corrected chi connectivity index (χ2v) is 9.97. The molecule has 0 radical (unpaired) electrons. The molecule has 0 spiro atoms. The Bertz CT molecular complexity index is 579. The summed E-state index contributed by atoms with van der Waals surface area (Å²) in [7, 11) is 0. The van der Waals surface area contributed by atoms with E-state index in [2.05, 4.69) is 26.8 Å². The Kier molecular flexibility index (Phi) is 4.32. The van der Waals surface area contributed by atoms with Gasteiger partial charge in [0, 0.05) is 6.92 Å². The third kappa shape index (κ3) is 2.61. The Morgan fingerprint density at radius 1 is 1.08 bits per heavy atom. The minimum Gasteiger partial charge on any atom is -0.463 e. The Balaban J connectivity index is 1.55. The van der Waals surface area contributed by atoms with E-state index in [0.29, 0.717) is 10.8 Å². The van der Waals surface area contributed by atoms with Crippen molar-refractivity contribution < 1.29 is 9.53 Å². The van der Waals surface area contributed by atoms with Crippen LogP contribution >= 0.6 is 0 Å². The number of carbonyl (C=O) groups is 1. The molecule has 4 aliphatic rings. The van der Waals surface area contributed by atoms with E-state index >= 15 is 0 Å². The first kappa shape index (κ1) is 17.6. The van der Waals surface area contributed by atoms with Crippen LogP contribution in [0.5, 0.6) is 0 Å². The molecule has 4 fully saturated rings. The van der Waals surface area contributed by atoms with Crippen LogP contribution in [0, 0.1) is 34.5 Å². The molecule has 7 atom stereocenters. The highest BCUT2D eigenvalue weighted by Crippen LogP contribution is 2.67. The summed E-state index contributed by atoms with van der Waals surface area (Å²) >= 11 is 0. The first-order valence-corrected chi connectivity index (χ1v) is 10.7. The molecular formula is C23H36O2. The molecule has 0 unspecified atom stereocenters. The van der Waals surface area contributed by atoms with E-state index in [1.165, 1.54) is 44.9 Å². The predicted octanol–water partition coefficient (Wildman–Crippen LogP) is 5.91. The third-order valence-corrected chi connectivity index (χ3v) is 9.15. The van der Waals surface area contributed by atoms with Crippen molar-refractivity contribution in [3.63, 3.8) is 0 Å². The summed E-state index contributed by atoms with van der Waals surface area (Å²) < 4.78 is 5.59. The van der Waals surface area contributed by atoms with Gasteiger partial charge in [-0.05, 0) is 99.2 Å². The zero-order chi connectivity index (χ0) is 17.8. The zero-order valence-electron chi connectivity index (χ0n) is 16.6. The molecule has 4 aliphatic carbocycles. The number of allylic oxidation sites excluding steroid dienone is 2. The molecule has 0 aromatic carbocycles. The van der Waals surface area contributed by atoms with Crippen LogP contribution in [-0.4, -0.2) is 12.1 Å². The molecule has 0 aromatic rings. The molecule has 25 heavy (non-hydrogen) atoms. The fourth-order valence-electron chi connectivity index (χ4n) is 7.88. The highest BCUT2D eigenvalue weighted by atomic mass is 16.5. The molecule has 140 valence electrons. The van der Waals surface area contributed by atoms with E-state index in [1.54, 1.807) is 12.5 Å². The van der Waals surface area contributed by atoms with E-state index in [4.69, 9.17) is 4.74 Å². The van der Waals surface area contributed by atoms with Gasteiger partial charge >= 0.3 is 5.97 Å². The van der Waals surface area contributed by atoms with Gasteiger partial charge in [0.2, 0.25) is 0 Å². The largest absolute Gasteiger partial charge is 0.463 e. The predicted molar refractivity (Wildman–Crippen MR) is 101 cm³/mol. The van der Waals surface area contributed by atoms with Gasteiger partial charge in [-0.2, -0.15) is 0 Å². The minimum absolute atomic E-state index is 0.0967. The average molecular weight is 345 g/mol. The Labute approximate surface area is 153 Å². The Hall–Kier alpha value is -0.790. The first-order chi connectivity index (χ1) is 11.9. The number of hydrogen-bond donors (Lipinski definition) is 0. The van der Waals surface area contributed by atoms with E-state index < -0.39 is 0 Å². The summed E-state index contributed by atoms with van der Waals surface area (Å²) in [6.07, 6.45) is 14.4. The number of esters is 1. The van der Waals surface area contributed by atoms with Crippen molar-refractivity contribution in [2.75, 3.05) is 0 Å². The number of rotatable bonds is 1. The lowest BCUT2D eigenvalue weighted by molar-refractivity contribution is -0.158. The standard InChI is InChI=1S/C23H36O2/c1-5-16-7-9-20-19-8-6-17-14-18(25-15(2)24)10-12-23(17,4)21(19)11-13-22(16,20)3/h5,17-21H,6-14H2,1-4H3/b16-5+/t17-,18-,19+,20+,21+,22+,23-/m0/s1. The Morgan fingerprint density at radius 3 is 2.60 bits per heavy atom. The molecular weight excluding hydrogens is 308 g/mol. The van der Waals surface area contributed by atoms with Crippen LogP contribution in [0.2, 0.25) is 0 Å². The van der Waals surface area contributed by atoms with Gasteiger partial charge in [0.05, 0.1) is 0 Å². The fraction of sp³-hybridized carbons (Fsp3) is 0.870. The average Bonchev–Trinajstić information content (AvgIpc) is 2.91. The van der Waals surface area contributed by atoms with Crippen LogP contribution in [-0.2, 0) is 9.53 Å². The lowest BCUT2D eigenvalue weighted by Gasteiger charge is -2.60. The lowest BCUT2D eigenvalue weighted by atomic mass is 9.45. The number of ether oxygens (including phenoxy) is 1. The maximum atomic E-state index is 11.4. The van der Waals surface area contributed by atoms with Gasteiger partial charge in [-0.1, -0.05) is 25.5 Å². The molecule has 0 amide bonds. The molecule has 0 aromatic heterocycles. The van der Waals surface area contributed by atoms with Crippen LogP contribution in [0.4, 0.5) is 0 Å². The van der Waals surface area contributed by atoms with Crippen molar-refractivity contribution in [3.05, 3.63) is 11.6 Å². The Morgan fingerprint density at radius 2 is 1.88 bits per heavy atom. The van der Waals surface area contributed by atoms with Crippen molar-refractivity contribution in [3.8, 4) is 0 Å². The maximum absolute atomic E-state index is 11.4. The zero-order valence-corrected chi connectivity index (χ0v) is 16.6. The number of hydrogen-bond acceptors (Lipinski definition) is 2. The summed E-state index contributed by atoms with van der Waals surface area (Å²) in [5, 5.41) is 0. The molecule has 0 N–H and O–H groups in total. The third-order valence-electron chi connectivity index (χ3n) is 9.15. The summed E-state index contributed by atoms with van der Waals surface area (Å²) in [6.45, 7) is 8.98. The number of fused-ring (bicyclic) bond motifs is 5. The van der Waals surface area contributed by atoms with Crippen LogP contribution in [0.25, 0.3) is 0 Å². The van der Waals surface area contributed by atoms with Gasteiger partial charge in [0.1, 0.15) is 6.10 Å². The van der Waals surface area contributed by atoms with Gasteiger partial charge in [-0.3, -0.25) is 4.79 Å². The first-order valence-electron chi connectivity index (χ1n) is 10.7. The van der Waals surface area contributed by atoms with Gasteiger partial charge in [-0.15, -0.1) is 0 Å². The van der Waals surface area contributed by atoms with Gasteiger partial charge in [0.15, 0.2) is 0 Å². The molecule has 0 saturated heterocycles. The molecule has 2 nitrogen and oxygen atoms in total. The SMILES string of the molecule is C/C=C1\CC[C@@H]2[C@H]3CC[C@H]4C[C@@H](OC(C)=O)CC[C@]4(C)[C@@H]3CC[C@]12C. The lowest BCUT2D eigenvalue weighted by Crippen LogP contribution is -2.53. The van der Waals surface area contributed by atoms with Crippen LogP contribution in [0.3, 0.4) is 0 Å². The van der Waals surface area contributed by atoms with Gasteiger partial charge in [-0.25, -0.2) is 0 Å². The van der Waals surface area contributed by atoms with Crippen molar-refractivity contribution in [2.24, 2.45) is 34.5 Å². The second kappa shape index (κ2) is 6.13. The number of carbonyl (C=O) groups excluding carboxylic acids is 1. The fourth-order valence-corrected chi connectivity index (χ4v) is 7.88. The topological polar surface area (TPSA) is 26.3 Å². The van der Waals surface area contributed by atoms with Crippen LogP contribution in [0.15, 0.2) is 11.6 Å². The van der Waals surface area contributed by atoms with Crippen molar-refractivity contribution in [1.29, 1.82) is 0 Å². The molecule has 2 heteroatoms. The molecule has 0 heterocycles. The molecule has 0 aliphatic heterocycles. The molecule has 4 saturated carbocycles. The van der Waals surface area contributed by atoms with Crippen molar-refractivity contribution in [1.82, 2.24) is 0 Å². The van der Waals surface area contributed by atoms with Crippen molar-refractivity contribution in [2.45, 2.75) is 91.6 Å². The van der Waals surface area contributed by atoms with Crippen LogP contribution in [0.1, 0.15) is 85.5 Å². The smallest absolute Gasteiger partial charge is 0.302 e. The monoisotopic (exact) mass is 344 g/mol. The molecule has 0 bridgehead atoms. The summed E-state index contributed by atoms with van der Waals surface area (Å²) in [5.74, 6) is 3.42. The molecule has 4 rings (SSSR count). The minimum atomic E-state index is -0.0967. The van der Waals surface area contributed by atoms with Crippen molar-refractivity contribution >= 4 is 5.97 Å². The van der Waals surface area contributed by atoms with Gasteiger partial charge < -0.3 is 4.74 Å². The van der Waals surface area contributed by atoms with E-state index in [-0.39, 0.29) is 12.1 Å². The normalized spacial score (nSPS) is 50.7. The highest BCUT2D eigenvalue weighted by molar-refractivity contribution is 5.66. The second-order valence-electron chi connectivity index (χ2n) is 9.97. The highest BCUT2D eigenvalue weighted by Gasteiger charge is 2.59. The van der Waals surface area contributed by atoms with E-state index in [1.807, 2.05) is 0 Å². The van der Waals surface area contributed by atoms with E-state index in [9.17, 15) is 4.79 Å². The van der Waals surface area contributed by atoms with E-state index in [0.717, 1.165) is 36.5 Å². The quantitative estimate of drug-likeness (QED) is 0.437.